The summed E-state index contributed by atoms with van der Waals surface area (Å²) in [6.45, 7) is 22.9. The van der Waals surface area contributed by atoms with Crippen LogP contribution in [0.5, 0.6) is 0 Å². The topological polar surface area (TPSA) is 23.6 Å². The van der Waals surface area contributed by atoms with Crippen LogP contribution in [0.1, 0.15) is 119 Å². The van der Waals surface area contributed by atoms with Crippen LogP contribution in [-0.4, -0.2) is 48.4 Å². The van der Waals surface area contributed by atoms with Crippen LogP contribution in [-0.2, 0) is 4.79 Å². The third-order valence-electron chi connectivity index (χ3n) is 14.0. The van der Waals surface area contributed by atoms with E-state index in [1.807, 2.05) is 0 Å². The highest BCUT2D eigenvalue weighted by Gasteiger charge is 2.58. The fraction of sp³-hybridized carbons (Fsp3) is 0.971. The van der Waals surface area contributed by atoms with E-state index in [1.165, 1.54) is 64.2 Å². The lowest BCUT2D eigenvalue weighted by Gasteiger charge is -2.61. The average Bonchev–Trinajstić information content (AvgIpc) is 3.32. The summed E-state index contributed by atoms with van der Waals surface area (Å²) in [4.78, 5) is 19.0. The van der Waals surface area contributed by atoms with E-state index in [1.54, 1.807) is 0 Å². The molecule has 5 rings (SSSR count). The molecule has 0 radical (unpaired) electrons. The number of nitrogens with zero attached hydrogens (tertiary/aromatic N) is 2. The first-order valence-corrected chi connectivity index (χ1v) is 16.6. The third-order valence-corrected chi connectivity index (χ3v) is 14.0. The molecule has 0 spiro atoms. The summed E-state index contributed by atoms with van der Waals surface area (Å²) in [6, 6.07) is 0. The van der Waals surface area contributed by atoms with Gasteiger partial charge in [0.05, 0.1) is 5.41 Å². The Kier molecular flexibility index (Phi) is 7.89. The van der Waals surface area contributed by atoms with Gasteiger partial charge in [-0.2, -0.15) is 0 Å². The number of amides is 1. The van der Waals surface area contributed by atoms with Gasteiger partial charge in [-0.15, -0.1) is 0 Å². The largest absolute Gasteiger partial charge is 0.340 e. The molecule has 212 valence electrons. The quantitative estimate of drug-likeness (QED) is 0.374. The zero-order chi connectivity index (χ0) is 26.6. The number of hydrogen-bond donors (Lipinski definition) is 0. The number of carbonyl (C=O) groups is 1. The highest BCUT2D eigenvalue weighted by Crippen LogP contribution is 2.64. The fourth-order valence-electron chi connectivity index (χ4n) is 11.2. The standard InChI is InChI=1S/C34H60N2O/c1-8-35-20-22-36(23-21-35)31(37)34-17-9-10-29(34)27(24(2)15-19-34)12-13-28-25(3)11-14-30-32(5,6)26(4)16-18-33(28,30)7/h24-30H,8-23H2,1-7H3/t24?,25-,26-,27-,28?,29?,30?,33+,34-/m0/s1. The van der Waals surface area contributed by atoms with Gasteiger partial charge in [-0.05, 0) is 117 Å². The molecule has 0 aromatic carbocycles. The smallest absolute Gasteiger partial charge is 0.229 e. The number of likely N-dealkylation sites (N-methyl/N-ethyl adjacent to an activating group) is 1. The molecule has 0 bridgehead atoms. The lowest BCUT2D eigenvalue weighted by molar-refractivity contribution is -0.152. The first-order chi connectivity index (χ1) is 17.5. The van der Waals surface area contributed by atoms with Gasteiger partial charge in [0.1, 0.15) is 0 Å². The van der Waals surface area contributed by atoms with E-state index in [9.17, 15) is 4.79 Å². The number of carbonyl (C=O) groups excluding carboxylic acids is 1. The molecule has 4 saturated carbocycles. The van der Waals surface area contributed by atoms with E-state index in [4.69, 9.17) is 0 Å². The minimum atomic E-state index is -0.0293. The molecule has 0 aromatic rings. The second-order valence-electron chi connectivity index (χ2n) is 15.6. The molecule has 1 amide bonds. The Bertz CT molecular complexity index is 815. The maximum Gasteiger partial charge on any atom is 0.229 e. The van der Waals surface area contributed by atoms with Crippen LogP contribution in [0.2, 0.25) is 0 Å². The second kappa shape index (κ2) is 10.4. The first-order valence-electron chi connectivity index (χ1n) is 16.6. The predicted molar refractivity (Wildman–Crippen MR) is 155 cm³/mol. The fourth-order valence-corrected chi connectivity index (χ4v) is 11.2. The van der Waals surface area contributed by atoms with Gasteiger partial charge in [0.15, 0.2) is 0 Å². The molecule has 1 saturated heterocycles. The van der Waals surface area contributed by atoms with Crippen molar-refractivity contribution in [3.63, 3.8) is 0 Å². The molecule has 5 aliphatic rings. The van der Waals surface area contributed by atoms with Gasteiger partial charge < -0.3 is 9.80 Å². The molecular weight excluding hydrogens is 452 g/mol. The molecular formula is C34H60N2O. The van der Waals surface area contributed by atoms with E-state index < -0.39 is 0 Å². The van der Waals surface area contributed by atoms with Gasteiger partial charge in [0.25, 0.3) is 0 Å². The number of rotatable bonds is 5. The van der Waals surface area contributed by atoms with Gasteiger partial charge in [-0.1, -0.05) is 61.3 Å². The molecule has 37 heavy (non-hydrogen) atoms. The summed E-state index contributed by atoms with van der Waals surface area (Å²) in [5.41, 5.74) is 0.948. The molecule has 1 heterocycles. The maximum atomic E-state index is 14.2. The number of fused-ring (bicyclic) bond motifs is 2. The zero-order valence-electron chi connectivity index (χ0n) is 25.7. The van der Waals surface area contributed by atoms with Gasteiger partial charge in [-0.3, -0.25) is 4.79 Å². The summed E-state index contributed by atoms with van der Waals surface area (Å²) >= 11 is 0. The third kappa shape index (κ3) is 4.63. The first kappa shape index (κ1) is 28.0. The molecule has 9 atom stereocenters. The van der Waals surface area contributed by atoms with Crippen molar-refractivity contribution in [3.8, 4) is 0 Å². The van der Waals surface area contributed by atoms with E-state index in [-0.39, 0.29) is 5.41 Å². The van der Waals surface area contributed by atoms with Gasteiger partial charge in [-0.25, -0.2) is 0 Å². The molecule has 4 unspecified atom stereocenters. The number of hydrogen-bond acceptors (Lipinski definition) is 2. The van der Waals surface area contributed by atoms with E-state index in [0.29, 0.717) is 22.7 Å². The molecule has 4 aliphatic carbocycles. The Morgan fingerprint density at radius 3 is 2.24 bits per heavy atom. The normalized spacial score (nSPS) is 46.4. The van der Waals surface area contributed by atoms with Crippen molar-refractivity contribution < 1.29 is 4.79 Å². The van der Waals surface area contributed by atoms with Gasteiger partial charge >= 0.3 is 0 Å². The van der Waals surface area contributed by atoms with E-state index in [2.05, 4.69) is 58.3 Å². The zero-order valence-corrected chi connectivity index (χ0v) is 25.7. The molecule has 3 nitrogen and oxygen atoms in total. The summed E-state index contributed by atoms with van der Waals surface area (Å²) in [5.74, 6) is 6.18. The van der Waals surface area contributed by atoms with Crippen molar-refractivity contribution >= 4 is 5.91 Å². The predicted octanol–water partition coefficient (Wildman–Crippen LogP) is 7.89. The van der Waals surface area contributed by atoms with Gasteiger partial charge in [0, 0.05) is 26.2 Å². The molecule has 5 fully saturated rings. The van der Waals surface area contributed by atoms with Crippen LogP contribution in [0, 0.1) is 57.7 Å². The van der Waals surface area contributed by atoms with Crippen molar-refractivity contribution in [2.24, 2.45) is 57.7 Å². The van der Waals surface area contributed by atoms with Crippen LogP contribution in [0.3, 0.4) is 0 Å². The Labute approximate surface area is 229 Å². The number of piperazine rings is 1. The Hall–Kier alpha value is -0.570. The van der Waals surface area contributed by atoms with Crippen molar-refractivity contribution in [1.82, 2.24) is 9.80 Å². The van der Waals surface area contributed by atoms with Crippen LogP contribution < -0.4 is 0 Å². The maximum absolute atomic E-state index is 14.2. The van der Waals surface area contributed by atoms with Crippen molar-refractivity contribution in [2.45, 2.75) is 119 Å². The van der Waals surface area contributed by atoms with E-state index in [0.717, 1.165) is 74.7 Å². The minimum absolute atomic E-state index is 0.0293. The lowest BCUT2D eigenvalue weighted by atomic mass is 9.44. The Morgan fingerprint density at radius 2 is 1.54 bits per heavy atom. The molecule has 3 heteroatoms. The van der Waals surface area contributed by atoms with Crippen LogP contribution >= 0.6 is 0 Å². The van der Waals surface area contributed by atoms with Crippen molar-refractivity contribution in [2.75, 3.05) is 32.7 Å². The van der Waals surface area contributed by atoms with Crippen molar-refractivity contribution in [3.05, 3.63) is 0 Å². The van der Waals surface area contributed by atoms with E-state index >= 15 is 0 Å². The minimum Gasteiger partial charge on any atom is -0.340 e. The molecule has 0 aromatic heterocycles. The Morgan fingerprint density at radius 1 is 0.811 bits per heavy atom. The molecule has 1 aliphatic heterocycles. The van der Waals surface area contributed by atoms with Crippen LogP contribution in [0.15, 0.2) is 0 Å². The summed E-state index contributed by atoms with van der Waals surface area (Å²) in [7, 11) is 0. The van der Waals surface area contributed by atoms with Crippen LogP contribution in [0.25, 0.3) is 0 Å². The summed E-state index contributed by atoms with van der Waals surface area (Å²) < 4.78 is 0. The average molecular weight is 513 g/mol. The summed E-state index contributed by atoms with van der Waals surface area (Å²) in [6.07, 6.45) is 14.7. The van der Waals surface area contributed by atoms with Crippen molar-refractivity contribution in [1.29, 1.82) is 0 Å². The highest BCUT2D eigenvalue weighted by atomic mass is 16.2. The second-order valence-corrected chi connectivity index (χ2v) is 15.6. The summed E-state index contributed by atoms with van der Waals surface area (Å²) in [5, 5.41) is 0. The monoisotopic (exact) mass is 512 g/mol. The molecule has 0 N–H and O–H groups in total. The lowest BCUT2D eigenvalue weighted by Crippen LogP contribution is -2.56. The van der Waals surface area contributed by atoms with Gasteiger partial charge in [0.2, 0.25) is 5.91 Å². The Balaban J connectivity index is 1.32. The van der Waals surface area contributed by atoms with Crippen LogP contribution in [0.4, 0.5) is 0 Å². The SMILES string of the molecule is CCN1CCN(C(=O)[C@]23CCCC2[C@@H](CCC2[C@@H](C)CCC4C(C)(C)[C@@H](C)CC[C@]24C)C(C)CC3)CC1. The highest BCUT2D eigenvalue weighted by molar-refractivity contribution is 5.84.